The molecule has 0 aliphatic carbocycles. The highest BCUT2D eigenvalue weighted by Gasteiger charge is 2.16. The van der Waals surface area contributed by atoms with Gasteiger partial charge in [-0.3, -0.25) is 14.9 Å². The van der Waals surface area contributed by atoms with Crippen LogP contribution in [-0.4, -0.2) is 30.1 Å². The van der Waals surface area contributed by atoms with Crippen molar-refractivity contribution in [3.05, 3.63) is 33.9 Å². The fourth-order valence-corrected chi connectivity index (χ4v) is 1.58. The number of nitrogens with two attached hydrogens (primary N) is 1. The molecule has 1 amide bonds. The summed E-state index contributed by atoms with van der Waals surface area (Å²) in [6.45, 7) is 4.75. The molecule has 1 unspecified atom stereocenters. The zero-order valence-corrected chi connectivity index (χ0v) is 10.9. The second kappa shape index (κ2) is 6.69. The van der Waals surface area contributed by atoms with E-state index in [1.165, 1.54) is 12.1 Å². The summed E-state index contributed by atoms with van der Waals surface area (Å²) in [7, 11) is 0. The van der Waals surface area contributed by atoms with Crippen LogP contribution in [0.25, 0.3) is 0 Å². The van der Waals surface area contributed by atoms with Crippen LogP contribution in [0.3, 0.4) is 0 Å². The van der Waals surface area contributed by atoms with E-state index < -0.39 is 10.8 Å². The summed E-state index contributed by atoms with van der Waals surface area (Å²) in [6, 6.07) is 4.08. The standard InChI is InChI=1S/C12H17N3O4/c1-3-19-8(2)7-14-10-5-4-9(12(13)16)6-11(10)15(17)18/h4-6,8,14H,3,7H2,1-2H3,(H2,13,16). The number of primary amides is 1. The van der Waals surface area contributed by atoms with Crippen LogP contribution in [0.15, 0.2) is 18.2 Å². The van der Waals surface area contributed by atoms with Crippen molar-refractivity contribution >= 4 is 17.3 Å². The van der Waals surface area contributed by atoms with Crippen LogP contribution in [0.1, 0.15) is 24.2 Å². The third kappa shape index (κ3) is 4.22. The van der Waals surface area contributed by atoms with Gasteiger partial charge in [-0.15, -0.1) is 0 Å². The molecule has 7 nitrogen and oxygen atoms in total. The number of hydrogen-bond acceptors (Lipinski definition) is 5. The number of nitro benzene ring substituents is 1. The van der Waals surface area contributed by atoms with Gasteiger partial charge in [0.05, 0.1) is 11.0 Å². The highest BCUT2D eigenvalue weighted by Crippen LogP contribution is 2.25. The Morgan fingerprint density at radius 3 is 2.79 bits per heavy atom. The Morgan fingerprint density at radius 1 is 1.58 bits per heavy atom. The van der Waals surface area contributed by atoms with E-state index in [1.807, 2.05) is 13.8 Å². The Hall–Kier alpha value is -2.15. The minimum Gasteiger partial charge on any atom is -0.377 e. The number of nitro groups is 1. The molecular weight excluding hydrogens is 250 g/mol. The molecule has 19 heavy (non-hydrogen) atoms. The smallest absolute Gasteiger partial charge is 0.293 e. The Kier molecular flexibility index (Phi) is 5.25. The van der Waals surface area contributed by atoms with Crippen LogP contribution in [-0.2, 0) is 4.74 Å². The van der Waals surface area contributed by atoms with E-state index >= 15 is 0 Å². The van der Waals surface area contributed by atoms with Gasteiger partial charge in [0.15, 0.2) is 0 Å². The van der Waals surface area contributed by atoms with Crippen LogP contribution in [0.4, 0.5) is 11.4 Å². The number of hydrogen-bond donors (Lipinski definition) is 2. The lowest BCUT2D eigenvalue weighted by atomic mass is 10.1. The molecule has 104 valence electrons. The van der Waals surface area contributed by atoms with Gasteiger partial charge in [0.2, 0.25) is 5.91 Å². The third-order valence-corrected chi connectivity index (χ3v) is 2.51. The molecule has 0 aliphatic heterocycles. The van der Waals surface area contributed by atoms with Crippen molar-refractivity contribution in [2.75, 3.05) is 18.5 Å². The van der Waals surface area contributed by atoms with E-state index in [9.17, 15) is 14.9 Å². The van der Waals surface area contributed by atoms with Gasteiger partial charge >= 0.3 is 0 Å². The quantitative estimate of drug-likeness (QED) is 0.575. The van der Waals surface area contributed by atoms with Gasteiger partial charge in [-0.2, -0.15) is 0 Å². The van der Waals surface area contributed by atoms with E-state index in [1.54, 1.807) is 0 Å². The number of rotatable bonds is 7. The number of carbonyl (C=O) groups excluding carboxylic acids is 1. The highest BCUT2D eigenvalue weighted by atomic mass is 16.6. The predicted octanol–water partition coefficient (Wildman–Crippen LogP) is 1.53. The molecule has 0 aliphatic rings. The number of nitrogens with one attached hydrogen (secondary N) is 1. The summed E-state index contributed by atoms with van der Waals surface area (Å²) >= 11 is 0. The minimum absolute atomic E-state index is 0.0691. The van der Waals surface area contributed by atoms with Crippen molar-refractivity contribution in [2.24, 2.45) is 5.73 Å². The van der Waals surface area contributed by atoms with Crippen molar-refractivity contribution in [2.45, 2.75) is 20.0 Å². The summed E-state index contributed by atoms with van der Waals surface area (Å²) in [5.41, 5.74) is 5.35. The van der Waals surface area contributed by atoms with E-state index in [2.05, 4.69) is 5.32 Å². The maximum Gasteiger partial charge on any atom is 0.293 e. The zero-order valence-electron chi connectivity index (χ0n) is 10.9. The van der Waals surface area contributed by atoms with Crippen molar-refractivity contribution in [3.63, 3.8) is 0 Å². The first-order valence-electron chi connectivity index (χ1n) is 5.89. The summed E-state index contributed by atoms with van der Waals surface area (Å²) in [4.78, 5) is 21.4. The first kappa shape index (κ1) is 14.9. The van der Waals surface area contributed by atoms with Crippen molar-refractivity contribution in [3.8, 4) is 0 Å². The summed E-state index contributed by atoms with van der Waals surface area (Å²) in [5, 5.41) is 13.9. The maximum atomic E-state index is 11.0. The van der Waals surface area contributed by atoms with Crippen molar-refractivity contribution < 1.29 is 14.5 Å². The van der Waals surface area contributed by atoms with E-state index in [-0.39, 0.29) is 17.4 Å². The topological polar surface area (TPSA) is 107 Å². The molecule has 0 saturated heterocycles. The lowest BCUT2D eigenvalue weighted by Crippen LogP contribution is -2.20. The van der Waals surface area contributed by atoms with Gasteiger partial charge in [-0.25, -0.2) is 0 Å². The zero-order chi connectivity index (χ0) is 14.4. The Bertz CT molecular complexity index is 476. The van der Waals surface area contributed by atoms with Crippen molar-refractivity contribution in [1.82, 2.24) is 0 Å². The SMILES string of the molecule is CCOC(C)CNc1ccc(C(N)=O)cc1[N+](=O)[O-]. The van der Waals surface area contributed by atoms with Crippen LogP contribution < -0.4 is 11.1 Å². The fourth-order valence-electron chi connectivity index (χ4n) is 1.58. The van der Waals surface area contributed by atoms with Gasteiger partial charge in [0, 0.05) is 24.8 Å². The number of amides is 1. The largest absolute Gasteiger partial charge is 0.377 e. The van der Waals surface area contributed by atoms with Crippen LogP contribution in [0.2, 0.25) is 0 Å². The van der Waals surface area contributed by atoms with E-state index in [4.69, 9.17) is 10.5 Å². The minimum atomic E-state index is -0.697. The first-order valence-corrected chi connectivity index (χ1v) is 5.89. The number of carbonyl (C=O) groups is 1. The molecule has 0 saturated carbocycles. The molecule has 1 rings (SSSR count). The van der Waals surface area contributed by atoms with Crippen molar-refractivity contribution in [1.29, 1.82) is 0 Å². The molecule has 1 aromatic rings. The highest BCUT2D eigenvalue weighted by molar-refractivity contribution is 5.94. The maximum absolute atomic E-state index is 11.0. The number of benzene rings is 1. The van der Waals surface area contributed by atoms with Gasteiger partial charge in [-0.05, 0) is 26.0 Å². The second-order valence-electron chi connectivity index (χ2n) is 4.00. The molecule has 0 spiro atoms. The van der Waals surface area contributed by atoms with E-state index in [0.29, 0.717) is 18.8 Å². The molecule has 0 heterocycles. The third-order valence-electron chi connectivity index (χ3n) is 2.51. The fraction of sp³-hybridized carbons (Fsp3) is 0.417. The van der Waals surface area contributed by atoms with Gasteiger partial charge < -0.3 is 15.8 Å². The van der Waals surface area contributed by atoms with Gasteiger partial charge in [0.1, 0.15) is 5.69 Å². The number of anilines is 1. The number of nitrogens with zero attached hydrogens (tertiary/aromatic N) is 1. The monoisotopic (exact) mass is 267 g/mol. The summed E-state index contributed by atoms with van der Waals surface area (Å²) in [5.74, 6) is -0.697. The summed E-state index contributed by atoms with van der Waals surface area (Å²) in [6.07, 6.45) is -0.0691. The Balaban J connectivity index is 2.88. The first-order chi connectivity index (χ1) is 8.95. The normalized spacial score (nSPS) is 11.9. The van der Waals surface area contributed by atoms with Crippen LogP contribution in [0.5, 0.6) is 0 Å². The molecule has 0 bridgehead atoms. The molecule has 7 heteroatoms. The molecule has 0 fully saturated rings. The average molecular weight is 267 g/mol. The average Bonchev–Trinajstić information content (AvgIpc) is 2.36. The molecule has 0 aromatic heterocycles. The molecule has 1 aromatic carbocycles. The molecule has 3 N–H and O–H groups in total. The second-order valence-corrected chi connectivity index (χ2v) is 4.00. The Morgan fingerprint density at radius 2 is 2.26 bits per heavy atom. The van der Waals surface area contributed by atoms with Crippen LogP contribution >= 0.6 is 0 Å². The van der Waals surface area contributed by atoms with E-state index in [0.717, 1.165) is 6.07 Å². The summed E-state index contributed by atoms with van der Waals surface area (Å²) < 4.78 is 5.32. The molecular formula is C12H17N3O4. The predicted molar refractivity (Wildman–Crippen MR) is 71.2 cm³/mol. The molecule has 1 atom stereocenters. The molecule has 0 radical (unpaired) electrons. The number of ether oxygens (including phenoxy) is 1. The van der Waals surface area contributed by atoms with Crippen LogP contribution in [0, 0.1) is 10.1 Å². The van der Waals surface area contributed by atoms with Gasteiger partial charge in [0.25, 0.3) is 5.69 Å². The lowest BCUT2D eigenvalue weighted by Gasteiger charge is -2.13. The Labute approximate surface area is 110 Å². The lowest BCUT2D eigenvalue weighted by molar-refractivity contribution is -0.384. The van der Waals surface area contributed by atoms with Gasteiger partial charge in [-0.1, -0.05) is 0 Å².